The molecule has 0 aromatic heterocycles. The van der Waals surface area contributed by atoms with E-state index in [0.29, 0.717) is 12.8 Å². The maximum atomic E-state index is 12.7. The van der Waals surface area contributed by atoms with Crippen LogP contribution < -0.4 is 0 Å². The fourth-order valence-electron chi connectivity index (χ4n) is 7.72. The van der Waals surface area contributed by atoms with Crippen molar-refractivity contribution in [2.24, 2.45) is 0 Å². The SMILES string of the molecule is CC/C=C\C/C=C\C/C=C\C/C=C\C/C=C\CCCCCCCCCCCCCCCC(=O)OCC(COC(=O)CCCCCCCCCCC)OC(=O)C/C=C\C/C=C\C/C=C\C/C=C\C/C=C\CC. The minimum Gasteiger partial charge on any atom is -0.462 e. The standard InChI is InChI=1S/C65H106O6/c1-4-7-10-13-16-19-21-23-25-26-27-28-29-30-31-32-33-34-35-36-37-38-40-41-43-46-49-52-55-58-64(67)70-61-62(60-69-63(66)57-54-51-48-45-18-15-12-9-6-3)71-65(68)59-56-53-50-47-44-42-39-24-22-20-17-14-11-8-5-2/h7-8,10-11,16-17,19-20,23-25,27-28,30-31,39,44,47,53,56,62H,4-6,9,12-15,18,21-22,26,29,32-38,40-43,45-46,48-52,54-55,57-61H2,1-3H3/b10-7-,11-8-,19-16-,20-17-,25-23-,28-27-,31-30-,39-24-,47-44-,56-53-. The quantitative estimate of drug-likeness (QED) is 0.0261. The zero-order valence-corrected chi connectivity index (χ0v) is 45.9. The summed E-state index contributed by atoms with van der Waals surface area (Å²) in [5.74, 6) is -1.05. The molecule has 0 aliphatic carbocycles. The van der Waals surface area contributed by atoms with Crippen molar-refractivity contribution < 1.29 is 28.6 Å². The van der Waals surface area contributed by atoms with E-state index in [0.717, 1.165) is 103 Å². The smallest absolute Gasteiger partial charge is 0.310 e. The van der Waals surface area contributed by atoms with Gasteiger partial charge in [-0.1, -0.05) is 264 Å². The van der Waals surface area contributed by atoms with Crippen molar-refractivity contribution in [2.75, 3.05) is 13.2 Å². The molecule has 0 radical (unpaired) electrons. The molecule has 0 aliphatic rings. The molecule has 0 amide bonds. The highest BCUT2D eigenvalue weighted by Crippen LogP contribution is 2.15. The third-order valence-corrected chi connectivity index (χ3v) is 12.0. The highest BCUT2D eigenvalue weighted by molar-refractivity contribution is 5.72. The molecule has 1 unspecified atom stereocenters. The Labute approximate surface area is 437 Å². The van der Waals surface area contributed by atoms with Crippen LogP contribution in [0.15, 0.2) is 122 Å². The summed E-state index contributed by atoms with van der Waals surface area (Å²) >= 11 is 0. The van der Waals surface area contributed by atoms with E-state index in [-0.39, 0.29) is 31.6 Å². The van der Waals surface area contributed by atoms with Crippen LogP contribution in [0.5, 0.6) is 0 Å². The van der Waals surface area contributed by atoms with Gasteiger partial charge in [0.05, 0.1) is 6.42 Å². The molecule has 71 heavy (non-hydrogen) atoms. The molecule has 0 spiro atoms. The molecule has 0 N–H and O–H groups in total. The summed E-state index contributed by atoms with van der Waals surface area (Å²) in [4.78, 5) is 37.9. The fourth-order valence-corrected chi connectivity index (χ4v) is 7.72. The molecular weight excluding hydrogens is 877 g/mol. The number of unbranched alkanes of at least 4 members (excludes halogenated alkanes) is 21. The van der Waals surface area contributed by atoms with Crippen LogP contribution in [0.25, 0.3) is 0 Å². The predicted molar refractivity (Wildman–Crippen MR) is 306 cm³/mol. The summed E-state index contributed by atoms with van der Waals surface area (Å²) < 4.78 is 16.7. The van der Waals surface area contributed by atoms with Crippen molar-refractivity contribution in [3.05, 3.63) is 122 Å². The number of esters is 3. The molecule has 0 fully saturated rings. The van der Waals surface area contributed by atoms with E-state index in [1.807, 2.05) is 6.08 Å². The van der Waals surface area contributed by atoms with E-state index >= 15 is 0 Å². The molecule has 0 aromatic carbocycles. The summed E-state index contributed by atoms with van der Waals surface area (Å²) in [6, 6.07) is 0. The van der Waals surface area contributed by atoms with Gasteiger partial charge in [0.2, 0.25) is 0 Å². The molecule has 402 valence electrons. The summed E-state index contributed by atoms with van der Waals surface area (Å²) in [7, 11) is 0. The number of hydrogen-bond donors (Lipinski definition) is 0. The second-order valence-corrected chi connectivity index (χ2v) is 18.8. The van der Waals surface area contributed by atoms with Crippen molar-refractivity contribution in [2.45, 2.75) is 258 Å². The second-order valence-electron chi connectivity index (χ2n) is 18.8. The Morgan fingerprint density at radius 1 is 0.310 bits per heavy atom. The van der Waals surface area contributed by atoms with Crippen molar-refractivity contribution >= 4 is 17.9 Å². The van der Waals surface area contributed by atoms with Crippen molar-refractivity contribution in [1.29, 1.82) is 0 Å². The van der Waals surface area contributed by atoms with Crippen molar-refractivity contribution in [1.82, 2.24) is 0 Å². The Morgan fingerprint density at radius 3 is 0.930 bits per heavy atom. The molecule has 0 heterocycles. The highest BCUT2D eigenvalue weighted by atomic mass is 16.6. The summed E-state index contributed by atoms with van der Waals surface area (Å²) in [6.45, 7) is 6.30. The van der Waals surface area contributed by atoms with Gasteiger partial charge in [-0.2, -0.15) is 0 Å². The average molecular weight is 984 g/mol. The lowest BCUT2D eigenvalue weighted by atomic mass is 10.0. The minimum atomic E-state index is -0.832. The van der Waals surface area contributed by atoms with Crippen molar-refractivity contribution in [3.63, 3.8) is 0 Å². The minimum absolute atomic E-state index is 0.0951. The number of carbonyl (C=O) groups excluding carboxylic acids is 3. The Balaban J connectivity index is 4.25. The number of ether oxygens (including phenoxy) is 3. The van der Waals surface area contributed by atoms with Crippen LogP contribution in [0.2, 0.25) is 0 Å². The maximum absolute atomic E-state index is 12.7. The van der Waals surface area contributed by atoms with Gasteiger partial charge in [0.1, 0.15) is 13.2 Å². The number of allylic oxidation sites excluding steroid dienone is 19. The van der Waals surface area contributed by atoms with Crippen LogP contribution in [-0.2, 0) is 28.6 Å². The molecule has 6 nitrogen and oxygen atoms in total. The maximum Gasteiger partial charge on any atom is 0.310 e. The molecule has 0 bridgehead atoms. The lowest BCUT2D eigenvalue weighted by molar-refractivity contribution is -0.166. The number of carbonyl (C=O) groups is 3. The third kappa shape index (κ3) is 56.6. The van der Waals surface area contributed by atoms with Gasteiger partial charge in [0.15, 0.2) is 6.10 Å². The zero-order valence-electron chi connectivity index (χ0n) is 45.9. The molecule has 6 heteroatoms. The van der Waals surface area contributed by atoms with Crippen molar-refractivity contribution in [3.8, 4) is 0 Å². The molecule has 0 aliphatic heterocycles. The van der Waals surface area contributed by atoms with Crippen LogP contribution in [0, 0.1) is 0 Å². The van der Waals surface area contributed by atoms with Gasteiger partial charge in [-0.15, -0.1) is 0 Å². The zero-order chi connectivity index (χ0) is 51.4. The van der Waals surface area contributed by atoms with Crippen LogP contribution in [0.3, 0.4) is 0 Å². The average Bonchev–Trinajstić information content (AvgIpc) is 3.37. The molecule has 0 saturated heterocycles. The molecule has 1 atom stereocenters. The topological polar surface area (TPSA) is 78.9 Å². The van der Waals surface area contributed by atoms with Gasteiger partial charge in [0.25, 0.3) is 0 Å². The molecule has 0 aromatic rings. The van der Waals surface area contributed by atoms with Gasteiger partial charge in [0, 0.05) is 12.8 Å². The number of rotatable bonds is 51. The van der Waals surface area contributed by atoms with E-state index in [2.05, 4.69) is 130 Å². The third-order valence-electron chi connectivity index (χ3n) is 12.0. The first kappa shape index (κ1) is 66.8. The van der Waals surface area contributed by atoms with Gasteiger partial charge in [-0.05, 0) is 89.9 Å². The van der Waals surface area contributed by atoms with Crippen LogP contribution >= 0.6 is 0 Å². The van der Waals surface area contributed by atoms with Crippen LogP contribution in [-0.4, -0.2) is 37.2 Å². The summed E-state index contributed by atoms with van der Waals surface area (Å²) in [5.41, 5.74) is 0. The first-order valence-corrected chi connectivity index (χ1v) is 29.0. The van der Waals surface area contributed by atoms with E-state index < -0.39 is 12.1 Å². The summed E-state index contributed by atoms with van der Waals surface area (Å²) in [5, 5.41) is 0. The first-order chi connectivity index (χ1) is 35.0. The normalized spacial score (nSPS) is 13.0. The van der Waals surface area contributed by atoms with Gasteiger partial charge in [-0.3, -0.25) is 14.4 Å². The Bertz CT molecular complexity index is 1500. The molecular formula is C65H106O6. The van der Waals surface area contributed by atoms with Gasteiger partial charge < -0.3 is 14.2 Å². The van der Waals surface area contributed by atoms with E-state index in [9.17, 15) is 14.4 Å². The summed E-state index contributed by atoms with van der Waals surface area (Å²) in [6.07, 6.45) is 80.9. The Hall–Kier alpha value is -4.19. The predicted octanol–water partition coefficient (Wildman–Crippen LogP) is 19.6. The lowest BCUT2D eigenvalue weighted by Gasteiger charge is -2.18. The lowest BCUT2D eigenvalue weighted by Crippen LogP contribution is -2.30. The second kappa shape index (κ2) is 58.4. The van der Waals surface area contributed by atoms with Crippen LogP contribution in [0.1, 0.15) is 252 Å². The van der Waals surface area contributed by atoms with E-state index in [1.165, 1.54) is 109 Å². The molecule has 0 saturated carbocycles. The van der Waals surface area contributed by atoms with Crippen LogP contribution in [0.4, 0.5) is 0 Å². The largest absolute Gasteiger partial charge is 0.462 e. The van der Waals surface area contributed by atoms with E-state index in [1.54, 1.807) is 6.08 Å². The van der Waals surface area contributed by atoms with E-state index in [4.69, 9.17) is 14.2 Å². The Kier molecular flexibility index (Phi) is 54.9. The van der Waals surface area contributed by atoms with Gasteiger partial charge >= 0.3 is 17.9 Å². The fraction of sp³-hybridized carbons (Fsp3) is 0.646. The first-order valence-electron chi connectivity index (χ1n) is 29.0. The Morgan fingerprint density at radius 2 is 0.592 bits per heavy atom. The highest BCUT2D eigenvalue weighted by Gasteiger charge is 2.19. The number of hydrogen-bond acceptors (Lipinski definition) is 6. The monoisotopic (exact) mass is 983 g/mol. The van der Waals surface area contributed by atoms with Gasteiger partial charge in [-0.25, -0.2) is 0 Å². The molecule has 0 rings (SSSR count).